The molecule has 0 aliphatic heterocycles. The Hall–Kier alpha value is 16.5. The third kappa shape index (κ3) is 2850. The molecule has 0 aromatic heterocycles. The van der Waals surface area contributed by atoms with E-state index in [1.165, 1.54) is 0 Å². The molecule has 0 aromatic rings. The Balaban J connectivity index is -0.0000000252. The lowest BCUT2D eigenvalue weighted by atomic mass is 11.8. The minimum absolute atomic E-state index is 0.750. The molecule has 0 unspecified atom stereocenters. The fourth-order valence-corrected chi connectivity index (χ4v) is 0. The second-order valence-corrected chi connectivity index (χ2v) is 42.3. The van der Waals surface area contributed by atoms with Gasteiger partial charge in [0.05, 0.1) is 0 Å². The first kappa shape index (κ1) is 149. The Labute approximate surface area is 741 Å². The van der Waals surface area contributed by atoms with Gasteiger partial charge in [-0.05, 0) is 0 Å². The summed E-state index contributed by atoms with van der Waals surface area (Å²) in [7, 11) is 1.00. The largest absolute Gasteiger partial charge is 0.400 e. The number of alkyl halides is 57. The van der Waals surface area contributed by atoms with Gasteiger partial charge in [-0.15, -0.1) is 0 Å². The number of rotatable bonds is 0. The molecule has 0 amide bonds. The lowest BCUT2D eigenvalue weighted by Crippen LogP contribution is -1.55. The van der Waals surface area contributed by atoms with E-state index >= 15 is 0 Å². The van der Waals surface area contributed by atoms with Crippen molar-refractivity contribution < 1.29 is 5.11 Å². The Morgan fingerprint density at radius 1 is 0.0897 bits per heavy atom. The lowest BCUT2D eigenvalue weighted by molar-refractivity contribution is 0.399. The van der Waals surface area contributed by atoms with E-state index in [0.29, 0.717) is 0 Å². The third-order valence-electron chi connectivity index (χ3n) is 0. The van der Waals surface area contributed by atoms with E-state index in [0.717, 1.165) is 7.11 Å². The normalized spacial score (nSPS) is 8.85. The zero-order valence-corrected chi connectivity index (χ0v) is 77.0. The van der Waals surface area contributed by atoms with Gasteiger partial charge >= 0.3 is 0 Å². The summed E-state index contributed by atoms with van der Waals surface area (Å²) in [6, 6.07) is 0. The second-order valence-electron chi connectivity index (χ2n) is 4.70. The molecule has 1 nitrogen and oxygen atoms in total. The van der Waals surface area contributed by atoms with Crippen molar-refractivity contribution in [3.8, 4) is 0 Å². The highest BCUT2D eigenvalue weighted by Crippen LogP contribution is 2.10. The van der Waals surface area contributed by atoms with Crippen LogP contribution in [0, 0.1) is 0 Å². The summed E-state index contributed by atoms with van der Waals surface area (Å²) in [6.07, 6.45) is 0. The summed E-state index contributed by atoms with van der Waals surface area (Å²) in [5.41, 5.74) is 0. The molecular weight excluding hydrogens is 2280 g/mol. The molecule has 0 atom stereocenters. The highest BCUT2D eigenvalue weighted by atomic mass is 35.6. The van der Waals surface area contributed by atoms with E-state index in [-0.39, 0.29) is 0 Å². The summed E-state index contributed by atoms with van der Waals surface area (Å²) >= 11 is 274. The van der Waals surface area contributed by atoms with E-state index in [4.69, 9.17) is 666 Å². The van der Waals surface area contributed by atoms with Gasteiger partial charge in [-0.25, -0.2) is 0 Å². The van der Waals surface area contributed by atoms with Gasteiger partial charge < -0.3 is 5.11 Å². The van der Waals surface area contributed by atoms with Crippen LogP contribution in [0.25, 0.3) is 0 Å². The standard InChI is InChI=1S/19CHCl3.CH4O/c19*2-1(3)4;1-2/h19*1H;2H,1H3. The van der Waals surface area contributed by atoms with Crippen LogP contribution < -0.4 is 0 Å². The van der Waals surface area contributed by atoms with Crippen molar-refractivity contribution in [2.45, 2.75) is 81.6 Å². The number of hydrogen-bond acceptors (Lipinski definition) is 1. The maximum Gasteiger partial charge on any atom is 0.180 e. The van der Waals surface area contributed by atoms with Crippen molar-refractivity contribution in [2.75, 3.05) is 7.11 Å². The van der Waals surface area contributed by atoms with Crippen LogP contribution >= 0.6 is 661 Å². The SMILES string of the molecule is CO.ClC(Cl)Cl.ClC(Cl)Cl.ClC(Cl)Cl.ClC(Cl)Cl.ClC(Cl)Cl.ClC(Cl)Cl.ClC(Cl)Cl.ClC(Cl)Cl.ClC(Cl)Cl.ClC(Cl)Cl.ClC(Cl)Cl.ClC(Cl)Cl.ClC(Cl)Cl.ClC(Cl)Cl.ClC(Cl)Cl.ClC(Cl)Cl.ClC(Cl)Cl.ClC(Cl)Cl.ClC(Cl)Cl. The first-order valence-corrected chi connectivity index (χ1v) is 37.8. The lowest BCUT2D eigenvalue weighted by Gasteiger charge is -1.69. The van der Waals surface area contributed by atoms with Crippen molar-refractivity contribution in [1.82, 2.24) is 0 Å². The van der Waals surface area contributed by atoms with Crippen LogP contribution in [0.5, 0.6) is 0 Å². The van der Waals surface area contributed by atoms with Crippen LogP contribution in [-0.4, -0.2) is 93.8 Å². The number of halogens is 57. The van der Waals surface area contributed by atoms with Crippen molar-refractivity contribution in [1.29, 1.82) is 0 Å². The number of aliphatic hydroxyl groups is 1. The first-order valence-electron chi connectivity index (χ1n) is 12.9. The second kappa shape index (κ2) is 148. The highest BCUT2D eigenvalue weighted by molar-refractivity contribution is 6.70. The molecule has 0 aromatic carbocycles. The zero-order valence-electron chi connectivity index (χ0n) is 34.0. The van der Waals surface area contributed by atoms with Gasteiger partial charge in [-0.2, -0.15) is 0 Å². The highest BCUT2D eigenvalue weighted by Gasteiger charge is 1.85. The molecule has 0 saturated carbocycles. The van der Waals surface area contributed by atoms with Crippen molar-refractivity contribution in [2.24, 2.45) is 0 Å². The summed E-state index contributed by atoms with van der Waals surface area (Å²) in [5.74, 6) is 0. The summed E-state index contributed by atoms with van der Waals surface area (Å²) in [4.78, 5) is 0. The fraction of sp³-hybridized carbons (Fsp3) is 1.00. The van der Waals surface area contributed by atoms with E-state index in [1.54, 1.807) is 0 Å². The minimum atomic E-state index is -0.750. The zero-order chi connectivity index (χ0) is 70.0. The van der Waals surface area contributed by atoms with Gasteiger partial charge in [0, 0.05) is 7.11 Å². The summed E-state index contributed by atoms with van der Waals surface area (Å²) < 4.78 is -14.2. The van der Waals surface area contributed by atoms with Crippen LogP contribution in [-0.2, 0) is 0 Å². The molecule has 0 rings (SSSR count). The van der Waals surface area contributed by atoms with Crippen molar-refractivity contribution in [3.63, 3.8) is 0 Å². The molecule has 0 radical (unpaired) electrons. The minimum Gasteiger partial charge on any atom is -0.400 e. The van der Waals surface area contributed by atoms with Gasteiger partial charge in [0.2, 0.25) is 0 Å². The van der Waals surface area contributed by atoms with Crippen LogP contribution in [0.2, 0.25) is 0 Å². The van der Waals surface area contributed by atoms with Gasteiger partial charge in [0.25, 0.3) is 0 Å². The van der Waals surface area contributed by atoms with Gasteiger partial charge in [0.1, 0.15) is 0 Å². The fourth-order valence-electron chi connectivity index (χ4n) is 0. The van der Waals surface area contributed by atoms with Crippen LogP contribution in [0.3, 0.4) is 0 Å². The predicted molar refractivity (Wildman–Crippen MR) is 414 cm³/mol. The average molecular weight is 2300 g/mol. The summed E-state index contributed by atoms with van der Waals surface area (Å²) in [6.45, 7) is 0. The third-order valence-corrected chi connectivity index (χ3v) is 0. The average Bonchev–Trinajstić information content (AvgIpc) is 3.00. The number of aliphatic hydroxyl groups excluding tert-OH is 1. The Morgan fingerprint density at radius 3 is 0.0897 bits per heavy atom. The van der Waals surface area contributed by atoms with E-state index in [9.17, 15) is 0 Å². The first-order chi connectivity index (χ1) is 33.9. The van der Waals surface area contributed by atoms with Crippen molar-refractivity contribution >= 4 is 661 Å². The van der Waals surface area contributed by atoms with E-state index < -0.39 is 81.6 Å². The molecule has 0 aliphatic carbocycles. The predicted octanol–water partition coefficient (Wildman–Crippen LogP) is 37.4. The molecule has 58 heteroatoms. The monoisotopic (exact) mass is 2270 g/mol. The van der Waals surface area contributed by atoms with Crippen LogP contribution in [0.15, 0.2) is 0 Å². The van der Waals surface area contributed by atoms with E-state index in [1.807, 2.05) is 0 Å². The maximum atomic E-state index is 7.00. The van der Waals surface area contributed by atoms with Crippen LogP contribution in [0.1, 0.15) is 0 Å². The number of hydrogen-bond donors (Lipinski definition) is 1. The molecule has 0 spiro atoms. The van der Waals surface area contributed by atoms with E-state index in [2.05, 4.69) is 0 Å². The molecule has 78 heavy (non-hydrogen) atoms. The molecule has 0 aliphatic rings. The van der Waals surface area contributed by atoms with Crippen molar-refractivity contribution in [3.05, 3.63) is 0 Å². The maximum absolute atomic E-state index is 7.00. The topological polar surface area (TPSA) is 20.2 Å². The Kier molecular flexibility index (Phi) is 283. The molecule has 0 fully saturated rings. The molecule has 0 saturated heterocycles. The Morgan fingerprint density at radius 2 is 0.0897 bits per heavy atom. The van der Waals surface area contributed by atoms with Gasteiger partial charge in [-0.1, -0.05) is 661 Å². The van der Waals surface area contributed by atoms with Crippen LogP contribution in [0.4, 0.5) is 0 Å². The molecule has 0 bridgehead atoms. The van der Waals surface area contributed by atoms with Gasteiger partial charge in [-0.3, -0.25) is 0 Å². The molecular formula is C20H23Cl57O. The summed E-state index contributed by atoms with van der Waals surface area (Å²) in [5, 5.41) is 7.00. The van der Waals surface area contributed by atoms with Gasteiger partial charge in [0.15, 0.2) is 81.6 Å². The smallest absolute Gasteiger partial charge is 0.180 e. The molecule has 0 heterocycles. The quantitative estimate of drug-likeness (QED) is 0.240. The molecule has 1 N–H and O–H groups in total. The molecule has 508 valence electrons. The Bertz CT molecular complexity index is 404.